The van der Waals surface area contributed by atoms with Gasteiger partial charge in [0.15, 0.2) is 5.78 Å². The molecule has 0 saturated heterocycles. The van der Waals surface area contributed by atoms with Crippen LogP contribution in [-0.4, -0.2) is 16.9 Å². The number of Topliss-reactive ketones (excluding diaryl/α,β-unsaturated/α-hetero) is 1. The SMILES string of the molecule is Cc1cccc2c1C(C)C(C(=O)O)CC2=O. The van der Waals surface area contributed by atoms with Crippen molar-refractivity contribution in [1.29, 1.82) is 0 Å². The number of hydrogen-bond donors (Lipinski definition) is 1. The Kier molecular flexibility index (Phi) is 2.54. The summed E-state index contributed by atoms with van der Waals surface area (Å²) in [5.74, 6) is -1.61. The fraction of sp³-hybridized carbons (Fsp3) is 0.385. The average Bonchev–Trinajstić information content (AvgIpc) is 2.22. The second kappa shape index (κ2) is 3.74. The molecule has 1 aliphatic rings. The molecule has 0 saturated carbocycles. The molecule has 0 heterocycles. The summed E-state index contributed by atoms with van der Waals surface area (Å²) in [5, 5.41) is 9.09. The van der Waals surface area contributed by atoms with E-state index in [2.05, 4.69) is 0 Å². The second-order valence-corrected chi connectivity index (χ2v) is 4.40. The van der Waals surface area contributed by atoms with Gasteiger partial charge in [0.25, 0.3) is 0 Å². The smallest absolute Gasteiger partial charge is 0.307 e. The van der Waals surface area contributed by atoms with Gasteiger partial charge >= 0.3 is 5.97 Å². The van der Waals surface area contributed by atoms with Crippen molar-refractivity contribution in [2.45, 2.75) is 26.2 Å². The fourth-order valence-electron chi connectivity index (χ4n) is 2.52. The van der Waals surface area contributed by atoms with E-state index in [0.717, 1.165) is 11.1 Å². The van der Waals surface area contributed by atoms with Crippen molar-refractivity contribution in [3.8, 4) is 0 Å². The molecule has 16 heavy (non-hydrogen) atoms. The monoisotopic (exact) mass is 218 g/mol. The third-order valence-electron chi connectivity index (χ3n) is 3.41. The first-order valence-electron chi connectivity index (χ1n) is 5.38. The standard InChI is InChI=1S/C13H14O3/c1-7-4-3-5-9-11(14)6-10(13(15)16)8(2)12(7)9/h3-5,8,10H,6H2,1-2H3,(H,15,16). The Bertz CT molecular complexity index is 462. The van der Waals surface area contributed by atoms with Gasteiger partial charge in [-0.2, -0.15) is 0 Å². The zero-order valence-corrected chi connectivity index (χ0v) is 9.36. The lowest BCUT2D eigenvalue weighted by Crippen LogP contribution is -2.30. The molecule has 0 aliphatic heterocycles. The average molecular weight is 218 g/mol. The summed E-state index contributed by atoms with van der Waals surface area (Å²) in [4.78, 5) is 22.9. The Morgan fingerprint density at radius 2 is 2.12 bits per heavy atom. The molecule has 1 aromatic rings. The van der Waals surface area contributed by atoms with Gasteiger partial charge in [-0.05, 0) is 24.0 Å². The number of ketones is 1. The van der Waals surface area contributed by atoms with Gasteiger partial charge in [0.2, 0.25) is 0 Å². The van der Waals surface area contributed by atoms with E-state index in [0.29, 0.717) is 5.56 Å². The molecular formula is C13H14O3. The molecule has 0 radical (unpaired) electrons. The summed E-state index contributed by atoms with van der Waals surface area (Å²) in [6.07, 6.45) is 0.118. The Morgan fingerprint density at radius 3 is 2.75 bits per heavy atom. The molecule has 1 aromatic carbocycles. The fourth-order valence-corrected chi connectivity index (χ4v) is 2.52. The van der Waals surface area contributed by atoms with Crippen molar-refractivity contribution in [3.05, 3.63) is 34.9 Å². The van der Waals surface area contributed by atoms with Crippen molar-refractivity contribution in [2.24, 2.45) is 5.92 Å². The van der Waals surface area contributed by atoms with Crippen molar-refractivity contribution in [1.82, 2.24) is 0 Å². The van der Waals surface area contributed by atoms with E-state index in [1.54, 1.807) is 6.07 Å². The highest BCUT2D eigenvalue weighted by molar-refractivity contribution is 6.01. The zero-order chi connectivity index (χ0) is 11.9. The molecular weight excluding hydrogens is 204 g/mol. The molecule has 0 bridgehead atoms. The van der Waals surface area contributed by atoms with Crippen molar-refractivity contribution >= 4 is 11.8 Å². The maximum Gasteiger partial charge on any atom is 0.307 e. The van der Waals surface area contributed by atoms with E-state index in [4.69, 9.17) is 5.11 Å². The largest absolute Gasteiger partial charge is 0.481 e. The lowest BCUT2D eigenvalue weighted by Gasteiger charge is -2.28. The molecule has 3 heteroatoms. The van der Waals surface area contributed by atoms with Crippen LogP contribution in [0.1, 0.15) is 40.7 Å². The van der Waals surface area contributed by atoms with Crippen LogP contribution in [0.25, 0.3) is 0 Å². The van der Waals surface area contributed by atoms with Crippen LogP contribution in [0.5, 0.6) is 0 Å². The van der Waals surface area contributed by atoms with Gasteiger partial charge < -0.3 is 5.11 Å². The lowest BCUT2D eigenvalue weighted by molar-refractivity contribution is -0.142. The lowest BCUT2D eigenvalue weighted by atomic mass is 9.74. The van der Waals surface area contributed by atoms with E-state index in [1.165, 1.54) is 0 Å². The van der Waals surface area contributed by atoms with Crippen LogP contribution in [0.4, 0.5) is 0 Å². The Morgan fingerprint density at radius 1 is 1.44 bits per heavy atom. The predicted molar refractivity (Wildman–Crippen MR) is 59.7 cm³/mol. The topological polar surface area (TPSA) is 54.4 Å². The normalized spacial score (nSPS) is 24.0. The van der Waals surface area contributed by atoms with Crippen molar-refractivity contribution < 1.29 is 14.7 Å². The highest BCUT2D eigenvalue weighted by atomic mass is 16.4. The number of aryl methyl sites for hydroxylation is 1. The quantitative estimate of drug-likeness (QED) is 0.787. The summed E-state index contributed by atoms with van der Waals surface area (Å²) in [6.45, 7) is 3.81. The number of carboxylic acids is 1. The molecule has 2 atom stereocenters. The highest BCUT2D eigenvalue weighted by Crippen LogP contribution is 2.37. The van der Waals surface area contributed by atoms with Gasteiger partial charge in [-0.25, -0.2) is 0 Å². The van der Waals surface area contributed by atoms with E-state index in [1.807, 2.05) is 26.0 Å². The van der Waals surface area contributed by atoms with Gasteiger partial charge in [0, 0.05) is 12.0 Å². The van der Waals surface area contributed by atoms with Gasteiger partial charge in [0.1, 0.15) is 0 Å². The molecule has 0 amide bonds. The Hall–Kier alpha value is -1.64. The number of aliphatic carboxylic acids is 1. The van der Waals surface area contributed by atoms with Crippen LogP contribution in [0, 0.1) is 12.8 Å². The molecule has 0 fully saturated rings. The van der Waals surface area contributed by atoms with E-state index in [-0.39, 0.29) is 18.1 Å². The van der Waals surface area contributed by atoms with E-state index >= 15 is 0 Å². The summed E-state index contributed by atoms with van der Waals surface area (Å²) < 4.78 is 0. The molecule has 2 unspecified atom stereocenters. The van der Waals surface area contributed by atoms with E-state index < -0.39 is 11.9 Å². The number of hydrogen-bond acceptors (Lipinski definition) is 2. The minimum absolute atomic E-state index is 0.0517. The van der Waals surface area contributed by atoms with Crippen LogP contribution in [0.3, 0.4) is 0 Å². The highest BCUT2D eigenvalue weighted by Gasteiger charge is 2.36. The summed E-state index contributed by atoms with van der Waals surface area (Å²) in [6, 6.07) is 5.56. The zero-order valence-electron chi connectivity index (χ0n) is 9.36. The van der Waals surface area contributed by atoms with Gasteiger partial charge in [-0.1, -0.05) is 25.1 Å². The first kappa shape index (κ1) is 10.9. The minimum Gasteiger partial charge on any atom is -0.481 e. The van der Waals surface area contributed by atoms with Crippen LogP contribution in [0.15, 0.2) is 18.2 Å². The molecule has 1 aliphatic carbocycles. The van der Waals surface area contributed by atoms with Gasteiger partial charge in [0.05, 0.1) is 5.92 Å². The number of carbonyl (C=O) groups is 2. The van der Waals surface area contributed by atoms with Crippen LogP contribution in [0.2, 0.25) is 0 Å². The molecule has 2 rings (SSSR count). The molecule has 1 N–H and O–H groups in total. The minimum atomic E-state index is -0.880. The first-order chi connectivity index (χ1) is 7.52. The number of carbonyl (C=O) groups excluding carboxylic acids is 1. The van der Waals surface area contributed by atoms with Crippen LogP contribution in [-0.2, 0) is 4.79 Å². The van der Waals surface area contributed by atoms with Crippen LogP contribution >= 0.6 is 0 Å². The number of benzene rings is 1. The summed E-state index contributed by atoms with van der Waals surface area (Å²) in [7, 11) is 0. The molecule has 3 nitrogen and oxygen atoms in total. The van der Waals surface area contributed by atoms with Crippen molar-refractivity contribution in [2.75, 3.05) is 0 Å². The van der Waals surface area contributed by atoms with Crippen LogP contribution < -0.4 is 0 Å². The second-order valence-electron chi connectivity index (χ2n) is 4.40. The molecule has 0 aromatic heterocycles. The first-order valence-corrected chi connectivity index (χ1v) is 5.38. The Balaban J connectivity index is 2.57. The molecule has 84 valence electrons. The molecule has 0 spiro atoms. The third-order valence-corrected chi connectivity index (χ3v) is 3.41. The maximum absolute atomic E-state index is 11.8. The van der Waals surface area contributed by atoms with Gasteiger partial charge in [-0.3, -0.25) is 9.59 Å². The summed E-state index contributed by atoms with van der Waals surface area (Å²) >= 11 is 0. The maximum atomic E-state index is 11.8. The van der Waals surface area contributed by atoms with E-state index in [9.17, 15) is 9.59 Å². The number of carboxylic acid groups (broad SMARTS) is 1. The van der Waals surface area contributed by atoms with Gasteiger partial charge in [-0.15, -0.1) is 0 Å². The number of rotatable bonds is 1. The van der Waals surface area contributed by atoms with Crippen molar-refractivity contribution in [3.63, 3.8) is 0 Å². The predicted octanol–water partition coefficient (Wildman–Crippen LogP) is 2.39. The summed E-state index contributed by atoms with van der Waals surface area (Å²) in [5.41, 5.74) is 2.61. The third kappa shape index (κ3) is 1.52. The number of fused-ring (bicyclic) bond motifs is 1. The Labute approximate surface area is 94.1 Å².